The molecule has 1 saturated carbocycles. The van der Waals surface area contributed by atoms with Gasteiger partial charge >= 0.3 is 0 Å². The molecular weight excluding hydrogens is 282 g/mol. The SMILES string of the molecule is c1csc(C(NCCC2CCCCC2)c2cccs2)c1. The van der Waals surface area contributed by atoms with Gasteiger partial charge in [-0.05, 0) is 41.8 Å². The molecule has 108 valence electrons. The molecule has 2 aromatic heterocycles. The van der Waals surface area contributed by atoms with Crippen molar-refractivity contribution in [3.8, 4) is 0 Å². The first kappa shape index (κ1) is 14.3. The Labute approximate surface area is 130 Å². The third-order valence-electron chi connectivity index (χ3n) is 4.28. The highest BCUT2D eigenvalue weighted by atomic mass is 32.1. The Morgan fingerprint density at radius 2 is 1.65 bits per heavy atom. The quantitative estimate of drug-likeness (QED) is 0.747. The van der Waals surface area contributed by atoms with Gasteiger partial charge in [0.25, 0.3) is 0 Å². The van der Waals surface area contributed by atoms with Gasteiger partial charge in [-0.25, -0.2) is 0 Å². The lowest BCUT2D eigenvalue weighted by Gasteiger charge is -2.23. The smallest absolute Gasteiger partial charge is 0.0764 e. The molecule has 1 N–H and O–H groups in total. The second-order valence-corrected chi connectivity index (χ2v) is 7.67. The number of hydrogen-bond acceptors (Lipinski definition) is 3. The van der Waals surface area contributed by atoms with E-state index < -0.39 is 0 Å². The topological polar surface area (TPSA) is 12.0 Å². The molecule has 1 fully saturated rings. The molecule has 3 heteroatoms. The summed E-state index contributed by atoms with van der Waals surface area (Å²) in [5, 5.41) is 8.15. The number of nitrogens with one attached hydrogen (secondary N) is 1. The van der Waals surface area contributed by atoms with Gasteiger partial charge in [-0.3, -0.25) is 0 Å². The van der Waals surface area contributed by atoms with E-state index in [1.165, 1.54) is 48.3 Å². The highest BCUT2D eigenvalue weighted by molar-refractivity contribution is 7.11. The Kier molecular flexibility index (Phi) is 5.29. The normalized spacial score (nSPS) is 16.9. The third-order valence-corrected chi connectivity index (χ3v) is 6.16. The van der Waals surface area contributed by atoms with Crippen molar-refractivity contribution in [1.82, 2.24) is 5.32 Å². The third kappa shape index (κ3) is 3.72. The maximum atomic E-state index is 3.79. The van der Waals surface area contributed by atoms with Crippen molar-refractivity contribution in [2.24, 2.45) is 5.92 Å². The summed E-state index contributed by atoms with van der Waals surface area (Å²) in [6, 6.07) is 9.22. The van der Waals surface area contributed by atoms with Crippen LogP contribution >= 0.6 is 22.7 Å². The van der Waals surface area contributed by atoms with Crippen LogP contribution in [0.5, 0.6) is 0 Å². The van der Waals surface area contributed by atoms with Crippen LogP contribution in [-0.4, -0.2) is 6.54 Å². The van der Waals surface area contributed by atoms with E-state index in [4.69, 9.17) is 0 Å². The summed E-state index contributed by atoms with van der Waals surface area (Å²) in [6.45, 7) is 1.14. The lowest BCUT2D eigenvalue weighted by atomic mass is 9.87. The van der Waals surface area contributed by atoms with Gasteiger partial charge in [0.15, 0.2) is 0 Å². The molecular formula is C17H23NS2. The van der Waals surface area contributed by atoms with Gasteiger partial charge in [0, 0.05) is 9.75 Å². The van der Waals surface area contributed by atoms with E-state index in [2.05, 4.69) is 40.3 Å². The average Bonchev–Trinajstić information content (AvgIpc) is 3.18. The van der Waals surface area contributed by atoms with E-state index in [1.54, 1.807) is 0 Å². The summed E-state index contributed by atoms with van der Waals surface area (Å²) >= 11 is 3.72. The van der Waals surface area contributed by atoms with E-state index in [1.807, 2.05) is 22.7 Å². The summed E-state index contributed by atoms with van der Waals surface area (Å²) in [6.07, 6.45) is 8.59. The number of rotatable bonds is 6. The lowest BCUT2D eigenvalue weighted by Crippen LogP contribution is -2.24. The highest BCUT2D eigenvalue weighted by Crippen LogP contribution is 2.30. The standard InChI is InChI=1S/C17H23NS2/c1-2-6-14(7-3-1)10-11-18-17(15-8-4-12-19-15)16-9-5-13-20-16/h4-5,8-9,12-14,17-18H,1-3,6-7,10-11H2. The van der Waals surface area contributed by atoms with Gasteiger partial charge in [-0.1, -0.05) is 44.2 Å². The molecule has 0 atom stereocenters. The Balaban J connectivity index is 1.57. The van der Waals surface area contributed by atoms with E-state index in [0.29, 0.717) is 6.04 Å². The van der Waals surface area contributed by atoms with E-state index >= 15 is 0 Å². The van der Waals surface area contributed by atoms with Crippen LogP contribution in [0.1, 0.15) is 54.3 Å². The van der Waals surface area contributed by atoms with Crippen LogP contribution in [0.4, 0.5) is 0 Å². The van der Waals surface area contributed by atoms with E-state index in [9.17, 15) is 0 Å². The molecule has 1 aliphatic rings. The zero-order valence-corrected chi connectivity index (χ0v) is 13.5. The van der Waals surface area contributed by atoms with Crippen molar-refractivity contribution in [2.75, 3.05) is 6.54 Å². The van der Waals surface area contributed by atoms with Crippen molar-refractivity contribution < 1.29 is 0 Å². The molecule has 0 aromatic carbocycles. The Bertz CT molecular complexity index is 435. The van der Waals surface area contributed by atoms with Crippen molar-refractivity contribution >= 4 is 22.7 Å². The number of hydrogen-bond donors (Lipinski definition) is 1. The maximum absolute atomic E-state index is 3.79. The summed E-state index contributed by atoms with van der Waals surface area (Å²) in [7, 11) is 0. The molecule has 0 radical (unpaired) electrons. The Morgan fingerprint density at radius 1 is 1.00 bits per heavy atom. The van der Waals surface area contributed by atoms with E-state index in [0.717, 1.165) is 12.5 Å². The average molecular weight is 306 g/mol. The lowest BCUT2D eigenvalue weighted by molar-refractivity contribution is 0.331. The summed E-state index contributed by atoms with van der Waals surface area (Å²) in [4.78, 5) is 2.88. The zero-order valence-electron chi connectivity index (χ0n) is 11.9. The van der Waals surface area contributed by atoms with Gasteiger partial charge in [-0.15, -0.1) is 22.7 Å². The first-order valence-electron chi connectivity index (χ1n) is 7.73. The predicted molar refractivity (Wildman–Crippen MR) is 89.7 cm³/mol. The minimum atomic E-state index is 0.401. The van der Waals surface area contributed by atoms with Crippen LogP contribution in [0.2, 0.25) is 0 Å². The molecule has 20 heavy (non-hydrogen) atoms. The van der Waals surface area contributed by atoms with Gasteiger partial charge in [0.1, 0.15) is 0 Å². The van der Waals surface area contributed by atoms with Crippen molar-refractivity contribution in [3.05, 3.63) is 44.8 Å². The van der Waals surface area contributed by atoms with Crippen LogP contribution in [0.3, 0.4) is 0 Å². The van der Waals surface area contributed by atoms with Crippen molar-refractivity contribution in [2.45, 2.75) is 44.6 Å². The highest BCUT2D eigenvalue weighted by Gasteiger charge is 2.17. The van der Waals surface area contributed by atoms with Crippen LogP contribution in [0.15, 0.2) is 35.0 Å². The van der Waals surface area contributed by atoms with Gasteiger partial charge in [0.05, 0.1) is 6.04 Å². The molecule has 2 aromatic rings. The monoisotopic (exact) mass is 305 g/mol. The molecule has 1 aliphatic carbocycles. The second kappa shape index (κ2) is 7.39. The first-order chi connectivity index (χ1) is 9.93. The van der Waals surface area contributed by atoms with Crippen LogP contribution in [0.25, 0.3) is 0 Å². The Morgan fingerprint density at radius 3 is 2.20 bits per heavy atom. The van der Waals surface area contributed by atoms with Crippen LogP contribution in [-0.2, 0) is 0 Å². The largest absolute Gasteiger partial charge is 0.305 e. The molecule has 0 aliphatic heterocycles. The van der Waals surface area contributed by atoms with Crippen molar-refractivity contribution in [3.63, 3.8) is 0 Å². The van der Waals surface area contributed by atoms with Gasteiger partial charge in [0.2, 0.25) is 0 Å². The molecule has 0 bridgehead atoms. The van der Waals surface area contributed by atoms with E-state index in [-0.39, 0.29) is 0 Å². The van der Waals surface area contributed by atoms with Gasteiger partial charge in [-0.2, -0.15) is 0 Å². The summed E-state index contributed by atoms with van der Waals surface area (Å²) in [5.41, 5.74) is 0. The predicted octanol–water partition coefficient (Wildman–Crippen LogP) is 5.46. The molecule has 0 amide bonds. The fourth-order valence-corrected chi connectivity index (χ4v) is 4.87. The molecule has 2 heterocycles. The molecule has 1 nitrogen and oxygen atoms in total. The first-order valence-corrected chi connectivity index (χ1v) is 9.49. The molecule has 0 spiro atoms. The minimum Gasteiger partial charge on any atom is -0.305 e. The summed E-state index contributed by atoms with van der Waals surface area (Å²) < 4.78 is 0. The Hall–Kier alpha value is -0.640. The molecule has 0 saturated heterocycles. The van der Waals surface area contributed by atoms with Crippen LogP contribution < -0.4 is 5.32 Å². The fraction of sp³-hybridized carbons (Fsp3) is 0.529. The summed E-state index contributed by atoms with van der Waals surface area (Å²) in [5.74, 6) is 0.962. The van der Waals surface area contributed by atoms with Gasteiger partial charge < -0.3 is 5.32 Å². The number of thiophene rings is 2. The van der Waals surface area contributed by atoms with Crippen LogP contribution in [0, 0.1) is 5.92 Å². The maximum Gasteiger partial charge on any atom is 0.0764 e. The molecule has 3 rings (SSSR count). The fourth-order valence-electron chi connectivity index (χ4n) is 3.16. The minimum absolute atomic E-state index is 0.401. The zero-order chi connectivity index (χ0) is 13.6. The second-order valence-electron chi connectivity index (χ2n) is 5.71. The molecule has 0 unspecified atom stereocenters. The van der Waals surface area contributed by atoms with Crippen molar-refractivity contribution in [1.29, 1.82) is 0 Å².